The van der Waals surface area contributed by atoms with Crippen molar-refractivity contribution in [2.45, 2.75) is 51.2 Å². The standard InChI is InChI=1S/C16H23N3/c1-12-9-13(10-17)3-4-14(12)11-19(2)16-7-5-15(18)6-8-16/h3-4,9,15-16H,5-8,11,18H2,1-2H3. The summed E-state index contributed by atoms with van der Waals surface area (Å²) in [6, 6.07) is 9.21. The van der Waals surface area contributed by atoms with Crippen molar-refractivity contribution in [3.8, 4) is 6.07 Å². The fourth-order valence-corrected chi connectivity index (χ4v) is 2.88. The molecule has 1 aromatic carbocycles. The zero-order chi connectivity index (χ0) is 13.8. The SMILES string of the molecule is Cc1cc(C#N)ccc1CN(C)C1CCC(N)CC1. The topological polar surface area (TPSA) is 53.0 Å². The Hall–Kier alpha value is -1.37. The van der Waals surface area contributed by atoms with E-state index >= 15 is 0 Å². The van der Waals surface area contributed by atoms with E-state index < -0.39 is 0 Å². The molecule has 0 aromatic heterocycles. The average Bonchev–Trinajstić information content (AvgIpc) is 2.41. The van der Waals surface area contributed by atoms with Gasteiger partial charge in [0.2, 0.25) is 0 Å². The maximum atomic E-state index is 8.89. The second-order valence-corrected chi connectivity index (χ2v) is 5.74. The molecule has 0 atom stereocenters. The van der Waals surface area contributed by atoms with Crippen LogP contribution in [0.5, 0.6) is 0 Å². The predicted octanol–water partition coefficient (Wildman–Crippen LogP) is 2.57. The van der Waals surface area contributed by atoms with Crippen LogP contribution in [-0.2, 0) is 6.54 Å². The van der Waals surface area contributed by atoms with Crippen LogP contribution in [0.1, 0.15) is 42.4 Å². The fraction of sp³-hybridized carbons (Fsp3) is 0.562. The van der Waals surface area contributed by atoms with Crippen molar-refractivity contribution in [1.29, 1.82) is 5.26 Å². The minimum atomic E-state index is 0.404. The molecule has 0 unspecified atom stereocenters. The molecule has 1 saturated carbocycles. The van der Waals surface area contributed by atoms with Gasteiger partial charge in [-0.2, -0.15) is 5.26 Å². The lowest BCUT2D eigenvalue weighted by atomic mass is 9.90. The summed E-state index contributed by atoms with van der Waals surface area (Å²) in [4.78, 5) is 2.43. The van der Waals surface area contributed by atoms with E-state index in [0.717, 1.165) is 24.9 Å². The molecule has 19 heavy (non-hydrogen) atoms. The van der Waals surface area contributed by atoms with Crippen LogP contribution in [0.25, 0.3) is 0 Å². The molecule has 2 N–H and O–H groups in total. The second kappa shape index (κ2) is 6.18. The van der Waals surface area contributed by atoms with Gasteiger partial charge in [0.15, 0.2) is 0 Å². The quantitative estimate of drug-likeness (QED) is 0.905. The molecule has 1 fully saturated rings. The number of benzene rings is 1. The van der Waals surface area contributed by atoms with E-state index in [1.54, 1.807) is 0 Å². The number of hydrogen-bond acceptors (Lipinski definition) is 3. The largest absolute Gasteiger partial charge is 0.328 e. The van der Waals surface area contributed by atoms with Gasteiger partial charge in [-0.05, 0) is 62.9 Å². The van der Waals surface area contributed by atoms with Gasteiger partial charge in [-0.3, -0.25) is 4.90 Å². The highest BCUT2D eigenvalue weighted by atomic mass is 15.1. The average molecular weight is 257 g/mol. The van der Waals surface area contributed by atoms with Gasteiger partial charge in [-0.15, -0.1) is 0 Å². The smallest absolute Gasteiger partial charge is 0.0991 e. The Morgan fingerprint density at radius 3 is 2.58 bits per heavy atom. The number of nitriles is 1. The van der Waals surface area contributed by atoms with Gasteiger partial charge < -0.3 is 5.73 Å². The lowest BCUT2D eigenvalue weighted by molar-refractivity contribution is 0.176. The molecule has 3 nitrogen and oxygen atoms in total. The van der Waals surface area contributed by atoms with E-state index in [-0.39, 0.29) is 0 Å². The van der Waals surface area contributed by atoms with E-state index in [4.69, 9.17) is 11.0 Å². The minimum absolute atomic E-state index is 0.404. The summed E-state index contributed by atoms with van der Waals surface area (Å²) in [6.45, 7) is 3.04. The molecule has 1 aliphatic rings. The minimum Gasteiger partial charge on any atom is -0.328 e. The molecule has 1 aromatic rings. The highest BCUT2D eigenvalue weighted by molar-refractivity contribution is 5.37. The van der Waals surface area contributed by atoms with Gasteiger partial charge in [0.1, 0.15) is 0 Å². The third kappa shape index (κ3) is 3.56. The predicted molar refractivity (Wildman–Crippen MR) is 77.6 cm³/mol. The second-order valence-electron chi connectivity index (χ2n) is 5.74. The summed E-state index contributed by atoms with van der Waals surface area (Å²) in [7, 11) is 2.19. The van der Waals surface area contributed by atoms with Crippen LogP contribution in [0.2, 0.25) is 0 Å². The molecule has 2 rings (SSSR count). The van der Waals surface area contributed by atoms with Crippen LogP contribution in [-0.4, -0.2) is 24.0 Å². The highest BCUT2D eigenvalue weighted by Gasteiger charge is 2.22. The first-order chi connectivity index (χ1) is 9.10. The third-order valence-corrected chi connectivity index (χ3v) is 4.26. The van der Waals surface area contributed by atoms with Crippen molar-refractivity contribution in [2.24, 2.45) is 5.73 Å². The van der Waals surface area contributed by atoms with Crippen molar-refractivity contribution >= 4 is 0 Å². The monoisotopic (exact) mass is 257 g/mol. The van der Waals surface area contributed by atoms with Crippen molar-refractivity contribution in [2.75, 3.05) is 7.05 Å². The molecule has 0 heterocycles. The molecule has 0 saturated heterocycles. The highest BCUT2D eigenvalue weighted by Crippen LogP contribution is 2.23. The van der Waals surface area contributed by atoms with Crippen molar-refractivity contribution in [3.05, 3.63) is 34.9 Å². The Morgan fingerprint density at radius 2 is 2.00 bits per heavy atom. The molecule has 0 amide bonds. The zero-order valence-electron chi connectivity index (χ0n) is 11.9. The molecule has 0 spiro atoms. The van der Waals surface area contributed by atoms with Gasteiger partial charge in [0.25, 0.3) is 0 Å². The van der Waals surface area contributed by atoms with Crippen LogP contribution < -0.4 is 5.73 Å². The van der Waals surface area contributed by atoms with E-state index in [9.17, 15) is 0 Å². The molecule has 3 heteroatoms. The Bertz CT molecular complexity index is 467. The summed E-state index contributed by atoms with van der Waals surface area (Å²) in [5, 5.41) is 8.89. The molecule has 102 valence electrons. The van der Waals surface area contributed by atoms with Crippen molar-refractivity contribution < 1.29 is 0 Å². The first-order valence-corrected chi connectivity index (χ1v) is 7.05. The summed E-state index contributed by atoms with van der Waals surface area (Å²) < 4.78 is 0. The van der Waals surface area contributed by atoms with Crippen molar-refractivity contribution in [3.63, 3.8) is 0 Å². The van der Waals surface area contributed by atoms with E-state index in [2.05, 4.69) is 31.0 Å². The molecular formula is C16H23N3. The number of hydrogen-bond donors (Lipinski definition) is 1. The Balaban J connectivity index is 1.99. The van der Waals surface area contributed by atoms with Crippen molar-refractivity contribution in [1.82, 2.24) is 4.90 Å². The Kier molecular flexibility index (Phi) is 4.57. The Labute approximate surface area is 116 Å². The number of rotatable bonds is 3. The maximum absolute atomic E-state index is 8.89. The number of nitrogens with two attached hydrogens (primary N) is 1. The van der Waals surface area contributed by atoms with E-state index in [1.165, 1.54) is 24.0 Å². The van der Waals surface area contributed by atoms with Gasteiger partial charge in [0, 0.05) is 18.6 Å². The fourth-order valence-electron chi connectivity index (χ4n) is 2.88. The first kappa shape index (κ1) is 14.0. The maximum Gasteiger partial charge on any atom is 0.0991 e. The number of aryl methyl sites for hydroxylation is 1. The van der Waals surface area contributed by atoms with Gasteiger partial charge >= 0.3 is 0 Å². The van der Waals surface area contributed by atoms with E-state index in [0.29, 0.717) is 12.1 Å². The first-order valence-electron chi connectivity index (χ1n) is 7.05. The third-order valence-electron chi connectivity index (χ3n) is 4.26. The summed E-state index contributed by atoms with van der Waals surface area (Å²) in [5.74, 6) is 0. The van der Waals surface area contributed by atoms with Crippen LogP contribution in [0.4, 0.5) is 0 Å². The molecule has 0 bridgehead atoms. The van der Waals surface area contributed by atoms with Crippen LogP contribution in [0, 0.1) is 18.3 Å². The number of nitrogens with zero attached hydrogens (tertiary/aromatic N) is 2. The molecule has 0 radical (unpaired) electrons. The van der Waals surface area contributed by atoms with Gasteiger partial charge in [-0.1, -0.05) is 6.07 Å². The lowest BCUT2D eigenvalue weighted by Gasteiger charge is -2.33. The van der Waals surface area contributed by atoms with Crippen LogP contribution >= 0.6 is 0 Å². The van der Waals surface area contributed by atoms with E-state index in [1.807, 2.05) is 12.1 Å². The Morgan fingerprint density at radius 1 is 1.32 bits per heavy atom. The summed E-state index contributed by atoms with van der Waals surface area (Å²) in [5.41, 5.74) is 9.22. The summed E-state index contributed by atoms with van der Waals surface area (Å²) >= 11 is 0. The lowest BCUT2D eigenvalue weighted by Crippen LogP contribution is -2.38. The molecular weight excluding hydrogens is 234 g/mol. The normalized spacial score (nSPS) is 23.3. The van der Waals surface area contributed by atoms with Crippen LogP contribution in [0.15, 0.2) is 18.2 Å². The molecule has 1 aliphatic carbocycles. The summed E-state index contributed by atoms with van der Waals surface area (Å²) in [6.07, 6.45) is 4.68. The van der Waals surface area contributed by atoms with Gasteiger partial charge in [0.05, 0.1) is 11.6 Å². The van der Waals surface area contributed by atoms with Crippen LogP contribution in [0.3, 0.4) is 0 Å². The van der Waals surface area contributed by atoms with Gasteiger partial charge in [-0.25, -0.2) is 0 Å². The zero-order valence-corrected chi connectivity index (χ0v) is 11.9. The molecule has 0 aliphatic heterocycles.